The van der Waals surface area contributed by atoms with Gasteiger partial charge in [0.25, 0.3) is 0 Å². The minimum Gasteiger partial charge on any atom is -0.480 e. The van der Waals surface area contributed by atoms with Crippen molar-refractivity contribution in [3.63, 3.8) is 0 Å². The highest BCUT2D eigenvalue weighted by Crippen LogP contribution is 2.04. The maximum Gasteiger partial charge on any atom is 0.326 e. The number of rotatable bonds is 6. The van der Waals surface area contributed by atoms with Gasteiger partial charge in [0, 0.05) is 12.1 Å². The largest absolute Gasteiger partial charge is 0.480 e. The highest BCUT2D eigenvalue weighted by Gasteiger charge is 2.17. The predicted octanol–water partition coefficient (Wildman–Crippen LogP) is 1.97. The summed E-state index contributed by atoms with van der Waals surface area (Å²) in [5.41, 5.74) is 1.49. The summed E-state index contributed by atoms with van der Waals surface area (Å²) in [5.74, 6) is -0.896. The Kier molecular flexibility index (Phi) is 4.33. The average molecular weight is 217 g/mol. The Morgan fingerprint density at radius 2 is 2.06 bits per heavy atom. The molecule has 1 unspecified atom stereocenters. The second-order valence-corrected chi connectivity index (χ2v) is 3.45. The van der Waals surface area contributed by atoms with Crippen LogP contribution in [0, 0.1) is 0 Å². The zero-order valence-corrected chi connectivity index (χ0v) is 9.02. The SMILES string of the molecule is C=CC(=C)NC(Cc1ccccc1)C(=O)O. The normalized spacial score (nSPS) is 11.5. The Hall–Kier alpha value is -2.03. The molecule has 0 bridgehead atoms. The van der Waals surface area contributed by atoms with Gasteiger partial charge in [-0.05, 0) is 11.6 Å². The average Bonchev–Trinajstić information content (AvgIpc) is 2.29. The fraction of sp³-hybridized carbons (Fsp3) is 0.154. The zero-order chi connectivity index (χ0) is 12.0. The summed E-state index contributed by atoms with van der Waals surface area (Å²) < 4.78 is 0. The van der Waals surface area contributed by atoms with Crippen LogP contribution in [0.25, 0.3) is 0 Å². The summed E-state index contributed by atoms with van der Waals surface area (Å²) >= 11 is 0. The molecule has 1 atom stereocenters. The first kappa shape index (κ1) is 12.0. The first-order valence-electron chi connectivity index (χ1n) is 4.98. The molecule has 0 aliphatic carbocycles. The number of carbonyl (C=O) groups is 1. The van der Waals surface area contributed by atoms with E-state index in [4.69, 9.17) is 5.11 Å². The van der Waals surface area contributed by atoms with E-state index < -0.39 is 12.0 Å². The second-order valence-electron chi connectivity index (χ2n) is 3.45. The van der Waals surface area contributed by atoms with Gasteiger partial charge in [0.15, 0.2) is 0 Å². The standard InChI is InChI=1S/C13H15NO2/c1-3-10(2)14-12(13(15)16)9-11-7-5-4-6-8-11/h3-8,12,14H,1-2,9H2,(H,15,16). The van der Waals surface area contributed by atoms with Crippen LogP contribution in [0.1, 0.15) is 5.56 Å². The summed E-state index contributed by atoms with van der Waals surface area (Å²) in [6.07, 6.45) is 1.92. The maximum absolute atomic E-state index is 11.0. The number of carboxylic acid groups (broad SMARTS) is 1. The summed E-state index contributed by atoms with van der Waals surface area (Å²) in [5, 5.41) is 11.8. The van der Waals surface area contributed by atoms with Crippen LogP contribution in [-0.2, 0) is 11.2 Å². The minimum absolute atomic E-state index is 0.420. The molecule has 0 amide bonds. The molecule has 2 N–H and O–H groups in total. The molecule has 0 heterocycles. The van der Waals surface area contributed by atoms with E-state index >= 15 is 0 Å². The van der Waals surface area contributed by atoms with Crippen LogP contribution in [-0.4, -0.2) is 17.1 Å². The molecule has 1 aromatic rings. The summed E-state index contributed by atoms with van der Waals surface area (Å²) in [7, 11) is 0. The van der Waals surface area contributed by atoms with Crippen LogP contribution in [0.3, 0.4) is 0 Å². The van der Waals surface area contributed by atoms with Gasteiger partial charge in [-0.25, -0.2) is 4.79 Å². The second kappa shape index (κ2) is 5.75. The van der Waals surface area contributed by atoms with Gasteiger partial charge in [-0.1, -0.05) is 43.5 Å². The Morgan fingerprint density at radius 3 is 2.56 bits per heavy atom. The molecule has 0 aromatic heterocycles. The van der Waals surface area contributed by atoms with Crippen molar-refractivity contribution in [2.24, 2.45) is 0 Å². The Balaban J connectivity index is 2.69. The molecule has 0 aliphatic heterocycles. The number of nitrogens with one attached hydrogen (secondary N) is 1. The third-order valence-corrected chi connectivity index (χ3v) is 2.19. The fourth-order valence-electron chi connectivity index (χ4n) is 1.33. The molecule has 0 radical (unpaired) electrons. The van der Waals surface area contributed by atoms with Gasteiger partial charge in [-0.3, -0.25) is 0 Å². The van der Waals surface area contributed by atoms with Crippen molar-refractivity contribution >= 4 is 5.97 Å². The Labute approximate surface area is 95.1 Å². The van der Waals surface area contributed by atoms with Gasteiger partial charge in [-0.15, -0.1) is 0 Å². The number of benzene rings is 1. The molecule has 16 heavy (non-hydrogen) atoms. The van der Waals surface area contributed by atoms with E-state index in [0.717, 1.165) is 5.56 Å². The Bertz CT molecular complexity index is 384. The minimum atomic E-state index is -0.896. The smallest absolute Gasteiger partial charge is 0.326 e. The van der Waals surface area contributed by atoms with E-state index in [9.17, 15) is 4.79 Å². The molecule has 3 nitrogen and oxygen atoms in total. The number of carboxylic acids is 1. The highest BCUT2D eigenvalue weighted by atomic mass is 16.4. The van der Waals surface area contributed by atoms with Crippen molar-refractivity contribution in [3.05, 3.63) is 60.8 Å². The van der Waals surface area contributed by atoms with E-state index in [-0.39, 0.29) is 0 Å². The number of hydrogen-bond acceptors (Lipinski definition) is 2. The van der Waals surface area contributed by atoms with Gasteiger partial charge in [0.1, 0.15) is 6.04 Å². The Morgan fingerprint density at radius 1 is 1.44 bits per heavy atom. The molecule has 1 aromatic carbocycles. The van der Waals surface area contributed by atoms with Crippen LogP contribution in [0.2, 0.25) is 0 Å². The van der Waals surface area contributed by atoms with Crippen molar-refractivity contribution in [2.75, 3.05) is 0 Å². The molecule has 0 fully saturated rings. The van der Waals surface area contributed by atoms with Gasteiger partial charge < -0.3 is 10.4 Å². The number of aliphatic carboxylic acids is 1. The molecule has 0 saturated heterocycles. The van der Waals surface area contributed by atoms with E-state index in [2.05, 4.69) is 18.5 Å². The van der Waals surface area contributed by atoms with E-state index in [0.29, 0.717) is 12.1 Å². The number of hydrogen-bond donors (Lipinski definition) is 2. The summed E-state index contributed by atoms with van der Waals surface area (Å²) in [6.45, 7) is 7.17. The van der Waals surface area contributed by atoms with Crippen molar-refractivity contribution in [2.45, 2.75) is 12.5 Å². The summed E-state index contributed by atoms with van der Waals surface area (Å²) in [4.78, 5) is 11.0. The third-order valence-electron chi connectivity index (χ3n) is 2.19. The topological polar surface area (TPSA) is 49.3 Å². The van der Waals surface area contributed by atoms with Crippen LogP contribution >= 0.6 is 0 Å². The zero-order valence-electron chi connectivity index (χ0n) is 9.02. The molecule has 0 spiro atoms. The predicted molar refractivity (Wildman–Crippen MR) is 64.0 cm³/mol. The van der Waals surface area contributed by atoms with Crippen molar-refractivity contribution in [1.82, 2.24) is 5.32 Å². The van der Waals surface area contributed by atoms with E-state index in [1.165, 1.54) is 6.08 Å². The first-order chi connectivity index (χ1) is 7.63. The first-order valence-corrected chi connectivity index (χ1v) is 4.98. The van der Waals surface area contributed by atoms with Gasteiger partial charge in [0.05, 0.1) is 0 Å². The van der Waals surface area contributed by atoms with E-state index in [1.54, 1.807) is 0 Å². The van der Waals surface area contributed by atoms with Crippen LogP contribution in [0.4, 0.5) is 0 Å². The van der Waals surface area contributed by atoms with Gasteiger partial charge >= 0.3 is 5.97 Å². The van der Waals surface area contributed by atoms with Crippen LogP contribution < -0.4 is 5.32 Å². The molecular weight excluding hydrogens is 202 g/mol. The van der Waals surface area contributed by atoms with Crippen molar-refractivity contribution < 1.29 is 9.90 Å². The fourth-order valence-corrected chi connectivity index (χ4v) is 1.33. The van der Waals surface area contributed by atoms with Crippen LogP contribution in [0.15, 0.2) is 55.3 Å². The summed E-state index contributed by atoms with van der Waals surface area (Å²) in [6, 6.07) is 8.79. The van der Waals surface area contributed by atoms with Crippen molar-refractivity contribution in [1.29, 1.82) is 0 Å². The van der Waals surface area contributed by atoms with Gasteiger partial charge in [0.2, 0.25) is 0 Å². The monoisotopic (exact) mass is 217 g/mol. The molecule has 84 valence electrons. The van der Waals surface area contributed by atoms with Crippen LogP contribution in [0.5, 0.6) is 0 Å². The highest BCUT2D eigenvalue weighted by molar-refractivity contribution is 5.74. The lowest BCUT2D eigenvalue weighted by atomic mass is 10.1. The lowest BCUT2D eigenvalue weighted by molar-refractivity contribution is -0.139. The molecule has 1 rings (SSSR count). The quantitative estimate of drug-likeness (QED) is 0.716. The molecule has 0 aliphatic rings. The molecular formula is C13H15NO2. The lowest BCUT2D eigenvalue weighted by Crippen LogP contribution is -2.37. The van der Waals surface area contributed by atoms with E-state index in [1.807, 2.05) is 30.3 Å². The maximum atomic E-state index is 11.0. The third kappa shape index (κ3) is 3.61. The molecule has 3 heteroatoms. The van der Waals surface area contributed by atoms with Crippen molar-refractivity contribution in [3.8, 4) is 0 Å². The molecule has 0 saturated carbocycles. The lowest BCUT2D eigenvalue weighted by Gasteiger charge is -2.15. The number of allylic oxidation sites excluding steroid dienone is 1. The van der Waals surface area contributed by atoms with Gasteiger partial charge in [-0.2, -0.15) is 0 Å².